The molecule has 56 valence electrons. The maximum atomic E-state index is 10.3. The number of rotatable bonds is 2. The minimum absolute atomic E-state index is 0.904. The summed E-state index contributed by atoms with van der Waals surface area (Å²) >= 11 is 0. The SMILES string of the molecule is N[P+](=O)N=Cc1ccccc1. The molecule has 0 heterocycles. The third-order valence-corrected chi connectivity index (χ3v) is 1.46. The van der Waals surface area contributed by atoms with Crippen LogP contribution in [0.15, 0.2) is 35.1 Å². The molecular formula is C7H8N2OP+. The Morgan fingerprint density at radius 2 is 2.00 bits per heavy atom. The number of hydrogen-bond donors (Lipinski definition) is 1. The van der Waals surface area contributed by atoms with E-state index in [1.807, 2.05) is 30.3 Å². The molecule has 0 radical (unpaired) electrons. The predicted molar refractivity (Wildman–Crippen MR) is 45.8 cm³/mol. The number of nitrogens with zero attached hydrogens (tertiary/aromatic N) is 1. The summed E-state index contributed by atoms with van der Waals surface area (Å²) in [5, 5.41) is 0. The van der Waals surface area contributed by atoms with E-state index < -0.39 is 8.10 Å². The molecule has 1 atom stereocenters. The molecule has 0 aliphatic heterocycles. The van der Waals surface area contributed by atoms with Crippen LogP contribution in [0.2, 0.25) is 0 Å². The van der Waals surface area contributed by atoms with E-state index in [1.54, 1.807) is 0 Å². The molecule has 0 fully saturated rings. The summed E-state index contributed by atoms with van der Waals surface area (Å²) in [5.74, 6) is 0. The number of hydrogen-bond acceptors (Lipinski definition) is 1. The fourth-order valence-corrected chi connectivity index (χ4v) is 0.910. The van der Waals surface area contributed by atoms with Crippen LogP contribution >= 0.6 is 8.10 Å². The zero-order valence-electron chi connectivity index (χ0n) is 5.84. The van der Waals surface area contributed by atoms with E-state index in [0.29, 0.717) is 0 Å². The van der Waals surface area contributed by atoms with Gasteiger partial charge < -0.3 is 0 Å². The number of benzene rings is 1. The molecule has 4 heteroatoms. The van der Waals surface area contributed by atoms with Gasteiger partial charge in [0.15, 0.2) is 0 Å². The highest BCUT2D eigenvalue weighted by Crippen LogP contribution is 2.08. The van der Waals surface area contributed by atoms with Crippen molar-refractivity contribution in [2.24, 2.45) is 10.3 Å². The fourth-order valence-electron chi connectivity index (χ4n) is 0.663. The van der Waals surface area contributed by atoms with Crippen LogP contribution in [-0.4, -0.2) is 6.21 Å². The second kappa shape index (κ2) is 3.96. The quantitative estimate of drug-likeness (QED) is 0.538. The molecule has 0 aliphatic carbocycles. The van der Waals surface area contributed by atoms with Gasteiger partial charge in [0.1, 0.15) is 0 Å². The molecule has 3 nitrogen and oxygen atoms in total. The van der Waals surface area contributed by atoms with Crippen LogP contribution in [0.25, 0.3) is 0 Å². The van der Waals surface area contributed by atoms with Crippen molar-refractivity contribution in [1.29, 1.82) is 0 Å². The van der Waals surface area contributed by atoms with Crippen molar-refractivity contribution in [2.75, 3.05) is 0 Å². The van der Waals surface area contributed by atoms with Crippen molar-refractivity contribution in [1.82, 2.24) is 0 Å². The van der Waals surface area contributed by atoms with Crippen LogP contribution in [0.1, 0.15) is 5.56 Å². The molecule has 0 aliphatic rings. The van der Waals surface area contributed by atoms with E-state index in [-0.39, 0.29) is 0 Å². The van der Waals surface area contributed by atoms with Crippen LogP contribution in [0.4, 0.5) is 0 Å². The molecule has 1 rings (SSSR count). The van der Waals surface area contributed by atoms with Gasteiger partial charge in [-0.1, -0.05) is 35.8 Å². The highest BCUT2D eigenvalue weighted by molar-refractivity contribution is 7.40. The molecule has 1 unspecified atom stereocenters. The van der Waals surface area contributed by atoms with E-state index in [1.165, 1.54) is 6.21 Å². The Morgan fingerprint density at radius 1 is 1.36 bits per heavy atom. The van der Waals surface area contributed by atoms with Gasteiger partial charge in [0.25, 0.3) is 0 Å². The molecule has 0 saturated carbocycles. The molecule has 11 heavy (non-hydrogen) atoms. The molecule has 1 aromatic carbocycles. The smallest absolute Gasteiger partial charge is 0.0973 e. The Bertz CT molecular complexity index is 271. The summed E-state index contributed by atoms with van der Waals surface area (Å²) in [4.78, 5) is 0. The van der Waals surface area contributed by atoms with Gasteiger partial charge >= 0.3 is 8.10 Å². The Hall–Kier alpha value is -1.05. The van der Waals surface area contributed by atoms with Crippen molar-refractivity contribution < 1.29 is 4.57 Å². The largest absolute Gasteiger partial charge is 0.584 e. The summed E-state index contributed by atoms with van der Waals surface area (Å²) in [5.41, 5.74) is 5.86. The maximum absolute atomic E-state index is 10.3. The van der Waals surface area contributed by atoms with Gasteiger partial charge in [-0.3, -0.25) is 0 Å². The zero-order valence-corrected chi connectivity index (χ0v) is 6.74. The van der Waals surface area contributed by atoms with E-state index in [2.05, 4.69) is 4.76 Å². The van der Waals surface area contributed by atoms with Gasteiger partial charge in [-0.2, -0.15) is 0 Å². The Kier molecular flexibility index (Phi) is 2.90. The molecule has 0 amide bonds. The van der Waals surface area contributed by atoms with Gasteiger partial charge in [0.05, 0.1) is 6.21 Å². The standard InChI is InChI=1S/C7H8N2OP/c8-11(10)9-6-7-4-2-1-3-5-7/h1-6H,(H2,8,10)/q+1. The first-order valence-electron chi connectivity index (χ1n) is 3.10. The lowest BCUT2D eigenvalue weighted by Crippen LogP contribution is -1.79. The summed E-state index contributed by atoms with van der Waals surface area (Å²) in [6.07, 6.45) is 1.50. The lowest BCUT2D eigenvalue weighted by molar-refractivity contribution is 0.590. The minimum Gasteiger partial charge on any atom is -0.0973 e. The van der Waals surface area contributed by atoms with Gasteiger partial charge in [0, 0.05) is 0 Å². The Balaban J connectivity index is 2.72. The van der Waals surface area contributed by atoms with E-state index in [0.717, 1.165) is 5.56 Å². The Morgan fingerprint density at radius 3 is 2.55 bits per heavy atom. The Labute approximate surface area is 65.8 Å². The van der Waals surface area contributed by atoms with Crippen molar-refractivity contribution in [3.8, 4) is 0 Å². The molecular weight excluding hydrogens is 159 g/mol. The van der Waals surface area contributed by atoms with Crippen LogP contribution in [0, 0.1) is 0 Å². The van der Waals surface area contributed by atoms with Crippen molar-refractivity contribution in [3.05, 3.63) is 35.9 Å². The fraction of sp³-hybridized carbons (Fsp3) is 0. The van der Waals surface area contributed by atoms with Gasteiger partial charge in [-0.15, -0.1) is 0 Å². The minimum atomic E-state index is -1.90. The zero-order chi connectivity index (χ0) is 8.10. The van der Waals surface area contributed by atoms with Crippen LogP contribution in [0.3, 0.4) is 0 Å². The first-order chi connectivity index (χ1) is 5.29. The third kappa shape index (κ3) is 3.03. The van der Waals surface area contributed by atoms with E-state index in [9.17, 15) is 4.57 Å². The van der Waals surface area contributed by atoms with Crippen molar-refractivity contribution >= 4 is 14.3 Å². The van der Waals surface area contributed by atoms with Crippen LogP contribution in [0.5, 0.6) is 0 Å². The van der Waals surface area contributed by atoms with Crippen LogP contribution in [-0.2, 0) is 4.57 Å². The monoisotopic (exact) mass is 167 g/mol. The lowest BCUT2D eigenvalue weighted by atomic mass is 10.2. The average molecular weight is 167 g/mol. The third-order valence-electron chi connectivity index (χ3n) is 1.12. The molecule has 0 saturated heterocycles. The molecule has 0 bridgehead atoms. The summed E-state index contributed by atoms with van der Waals surface area (Å²) in [7, 11) is -1.90. The topological polar surface area (TPSA) is 55.5 Å². The average Bonchev–Trinajstić information content (AvgIpc) is 2.03. The molecule has 2 N–H and O–H groups in total. The molecule has 0 aromatic heterocycles. The predicted octanol–water partition coefficient (Wildman–Crippen LogP) is 1.72. The molecule has 0 spiro atoms. The van der Waals surface area contributed by atoms with E-state index in [4.69, 9.17) is 5.50 Å². The maximum Gasteiger partial charge on any atom is 0.584 e. The molecule has 1 aromatic rings. The van der Waals surface area contributed by atoms with E-state index >= 15 is 0 Å². The first-order valence-corrected chi connectivity index (χ1v) is 4.38. The highest BCUT2D eigenvalue weighted by atomic mass is 31.1. The van der Waals surface area contributed by atoms with Gasteiger partial charge in [-0.25, -0.2) is 0 Å². The van der Waals surface area contributed by atoms with Crippen molar-refractivity contribution in [2.45, 2.75) is 0 Å². The first kappa shape index (κ1) is 8.05. The summed E-state index contributed by atoms with van der Waals surface area (Å²) in [6.45, 7) is 0. The summed E-state index contributed by atoms with van der Waals surface area (Å²) < 4.78 is 13.9. The lowest BCUT2D eigenvalue weighted by Gasteiger charge is -1.84. The second-order valence-corrected chi connectivity index (χ2v) is 2.79. The van der Waals surface area contributed by atoms with Gasteiger partial charge in [0.2, 0.25) is 0 Å². The second-order valence-electron chi connectivity index (χ2n) is 1.96. The van der Waals surface area contributed by atoms with Crippen LogP contribution < -0.4 is 5.50 Å². The number of nitrogens with two attached hydrogens (primary N) is 1. The highest BCUT2D eigenvalue weighted by Gasteiger charge is 1.99. The normalized spacial score (nSPS) is 11.9. The summed E-state index contributed by atoms with van der Waals surface area (Å²) in [6, 6.07) is 9.39. The van der Waals surface area contributed by atoms with Gasteiger partial charge in [-0.05, 0) is 14.9 Å². The van der Waals surface area contributed by atoms with Crippen molar-refractivity contribution in [3.63, 3.8) is 0 Å².